The van der Waals surface area contributed by atoms with Crippen LogP contribution in [0.5, 0.6) is 11.5 Å². The minimum atomic E-state index is -4.41. The van der Waals surface area contributed by atoms with Crippen LogP contribution in [0.15, 0.2) is 36.4 Å². The molecule has 2 aromatic carbocycles. The van der Waals surface area contributed by atoms with Crippen LogP contribution >= 0.6 is 12.4 Å². The van der Waals surface area contributed by atoms with E-state index in [1.165, 1.54) is 12.1 Å². The number of likely N-dealkylation sites (N-methyl/N-ethyl adjacent to an activating group) is 1. The zero-order valence-corrected chi connectivity index (χ0v) is 20.5. The Bertz CT molecular complexity index is 1040. The number of halogens is 4. The first kappa shape index (κ1) is 25.7. The standard InChI is InChI=1S/C25H30F3NO3.ClH/c1-23(2)13-18(14-8-7-9-15(10-14)25(26,27)28)16-11-17-20(12-19(16)31-23)32-24(3,4)22(30)21(17)29(5)6;/h7-12,18,21-22,30H,13H2,1-6H3;1H/t18?,21?,22-;/m1./s1. The maximum Gasteiger partial charge on any atom is 0.416 e. The number of rotatable bonds is 2. The molecule has 0 radical (unpaired) electrons. The van der Waals surface area contributed by atoms with Crippen LogP contribution in [0.1, 0.15) is 68.3 Å². The highest BCUT2D eigenvalue weighted by Crippen LogP contribution is 2.51. The van der Waals surface area contributed by atoms with Crippen LogP contribution in [0.25, 0.3) is 0 Å². The van der Waals surface area contributed by atoms with Gasteiger partial charge in [-0.15, -0.1) is 12.4 Å². The van der Waals surface area contributed by atoms with Gasteiger partial charge in [-0.25, -0.2) is 0 Å². The largest absolute Gasteiger partial charge is 0.487 e. The normalized spacial score (nSPS) is 25.2. The van der Waals surface area contributed by atoms with E-state index in [1.54, 1.807) is 6.07 Å². The Morgan fingerprint density at radius 2 is 1.61 bits per heavy atom. The Labute approximate surface area is 199 Å². The molecule has 2 aromatic rings. The Kier molecular flexibility index (Phi) is 6.50. The Morgan fingerprint density at radius 3 is 2.21 bits per heavy atom. The first-order chi connectivity index (χ1) is 14.7. The summed E-state index contributed by atoms with van der Waals surface area (Å²) in [6, 6.07) is 8.96. The van der Waals surface area contributed by atoms with Crippen LogP contribution in [0.3, 0.4) is 0 Å². The summed E-state index contributed by atoms with van der Waals surface area (Å²) in [5.41, 5.74) is 0.179. The fourth-order valence-corrected chi connectivity index (χ4v) is 4.90. The van der Waals surface area contributed by atoms with Crippen LogP contribution in [-0.4, -0.2) is 41.4 Å². The predicted octanol–water partition coefficient (Wildman–Crippen LogP) is 5.95. The minimum absolute atomic E-state index is 0. The van der Waals surface area contributed by atoms with Gasteiger partial charge in [0.1, 0.15) is 28.8 Å². The van der Waals surface area contributed by atoms with E-state index in [0.717, 1.165) is 17.2 Å². The molecule has 0 bridgehead atoms. The molecule has 0 saturated carbocycles. The van der Waals surface area contributed by atoms with Gasteiger partial charge in [-0.2, -0.15) is 13.2 Å². The summed E-state index contributed by atoms with van der Waals surface area (Å²) >= 11 is 0. The lowest BCUT2D eigenvalue weighted by molar-refractivity contribution is -0.137. The Hall–Kier alpha value is -1.96. The van der Waals surface area contributed by atoms with Gasteiger partial charge in [0, 0.05) is 23.1 Å². The van der Waals surface area contributed by atoms with Crippen LogP contribution in [0.2, 0.25) is 0 Å². The van der Waals surface area contributed by atoms with Gasteiger partial charge in [0.15, 0.2) is 0 Å². The molecule has 1 N–H and O–H groups in total. The molecule has 8 heteroatoms. The molecule has 4 rings (SSSR count). The van der Waals surface area contributed by atoms with Gasteiger partial charge in [0.2, 0.25) is 0 Å². The predicted molar refractivity (Wildman–Crippen MR) is 123 cm³/mol. The van der Waals surface area contributed by atoms with Gasteiger partial charge in [-0.05, 0) is 65.9 Å². The third-order valence-corrected chi connectivity index (χ3v) is 6.48. The second-order valence-electron chi connectivity index (χ2n) is 10.2. The number of hydrogen-bond acceptors (Lipinski definition) is 4. The third kappa shape index (κ3) is 4.68. The second kappa shape index (κ2) is 8.36. The van der Waals surface area contributed by atoms with Crippen molar-refractivity contribution in [2.24, 2.45) is 0 Å². The first-order valence-corrected chi connectivity index (χ1v) is 10.8. The summed E-state index contributed by atoms with van der Waals surface area (Å²) in [6.45, 7) is 7.56. The molecule has 2 aliphatic rings. The lowest BCUT2D eigenvalue weighted by Gasteiger charge is -2.46. The van der Waals surface area contributed by atoms with Crippen molar-refractivity contribution in [3.05, 3.63) is 58.7 Å². The molecule has 2 unspecified atom stereocenters. The maximum absolute atomic E-state index is 13.4. The van der Waals surface area contributed by atoms with E-state index in [4.69, 9.17) is 9.47 Å². The molecule has 0 aromatic heterocycles. The molecular formula is C25H31ClF3NO3. The molecule has 182 valence electrons. The number of benzene rings is 2. The zero-order valence-electron chi connectivity index (χ0n) is 19.7. The van der Waals surface area contributed by atoms with E-state index in [1.807, 2.05) is 58.8 Å². The Morgan fingerprint density at radius 1 is 0.970 bits per heavy atom. The summed E-state index contributed by atoms with van der Waals surface area (Å²) in [4.78, 5) is 1.94. The fourth-order valence-electron chi connectivity index (χ4n) is 4.90. The summed E-state index contributed by atoms with van der Waals surface area (Å²) in [7, 11) is 3.78. The molecule has 0 fully saturated rings. The molecule has 0 aliphatic carbocycles. The van der Waals surface area contributed by atoms with E-state index in [2.05, 4.69) is 0 Å². The van der Waals surface area contributed by atoms with Gasteiger partial charge >= 0.3 is 6.18 Å². The van der Waals surface area contributed by atoms with E-state index >= 15 is 0 Å². The number of aliphatic hydroxyl groups excluding tert-OH is 1. The number of nitrogens with zero attached hydrogens (tertiary/aromatic N) is 1. The molecule has 4 nitrogen and oxygen atoms in total. The quantitative estimate of drug-likeness (QED) is 0.570. The molecule has 0 saturated heterocycles. The minimum Gasteiger partial charge on any atom is -0.487 e. The molecule has 2 heterocycles. The molecular weight excluding hydrogens is 455 g/mol. The van der Waals surface area contributed by atoms with Crippen molar-refractivity contribution in [1.82, 2.24) is 4.90 Å². The topological polar surface area (TPSA) is 41.9 Å². The fraction of sp³-hybridized carbons (Fsp3) is 0.520. The number of hydrogen-bond donors (Lipinski definition) is 1. The smallest absolute Gasteiger partial charge is 0.416 e. The number of aliphatic hydroxyl groups is 1. The van der Waals surface area contributed by atoms with Gasteiger partial charge < -0.3 is 14.6 Å². The van der Waals surface area contributed by atoms with E-state index in [9.17, 15) is 18.3 Å². The van der Waals surface area contributed by atoms with Crippen molar-refractivity contribution < 1.29 is 27.8 Å². The van der Waals surface area contributed by atoms with Crippen molar-refractivity contribution >= 4 is 12.4 Å². The van der Waals surface area contributed by atoms with Crippen molar-refractivity contribution in [1.29, 1.82) is 0 Å². The van der Waals surface area contributed by atoms with Gasteiger partial charge in [-0.1, -0.05) is 18.2 Å². The number of alkyl halides is 3. The highest BCUT2D eigenvalue weighted by molar-refractivity contribution is 5.85. The van der Waals surface area contributed by atoms with Crippen molar-refractivity contribution in [3.63, 3.8) is 0 Å². The first-order valence-electron chi connectivity index (χ1n) is 10.8. The third-order valence-electron chi connectivity index (χ3n) is 6.48. The van der Waals surface area contributed by atoms with Gasteiger partial charge in [-0.3, -0.25) is 4.90 Å². The van der Waals surface area contributed by atoms with Crippen LogP contribution in [0, 0.1) is 0 Å². The molecule has 2 aliphatic heterocycles. The Balaban J connectivity index is 0.00000306. The zero-order chi connectivity index (χ0) is 23.6. The van der Waals surface area contributed by atoms with Gasteiger partial charge in [0.25, 0.3) is 0 Å². The number of fused-ring (bicyclic) bond motifs is 2. The molecule has 33 heavy (non-hydrogen) atoms. The highest BCUT2D eigenvalue weighted by Gasteiger charge is 2.46. The maximum atomic E-state index is 13.4. The average Bonchev–Trinajstić information content (AvgIpc) is 2.65. The van der Waals surface area contributed by atoms with E-state index < -0.39 is 29.0 Å². The number of ether oxygens (including phenoxy) is 2. The van der Waals surface area contributed by atoms with Crippen LogP contribution < -0.4 is 9.47 Å². The monoisotopic (exact) mass is 485 g/mol. The summed E-state index contributed by atoms with van der Waals surface area (Å²) < 4.78 is 52.6. The summed E-state index contributed by atoms with van der Waals surface area (Å²) in [5.74, 6) is 0.946. The van der Waals surface area contributed by atoms with Crippen molar-refractivity contribution in [2.45, 2.75) is 69.6 Å². The highest BCUT2D eigenvalue weighted by atomic mass is 35.5. The van der Waals surface area contributed by atoms with Gasteiger partial charge in [0.05, 0.1) is 11.6 Å². The molecule has 0 spiro atoms. The SMILES string of the molecule is CN(C)C1c2cc3c(cc2OC(C)(C)[C@@H]1O)OC(C)(C)CC3c1cccc(C(F)(F)F)c1.Cl. The lowest BCUT2D eigenvalue weighted by atomic mass is 9.77. The van der Waals surface area contributed by atoms with Crippen molar-refractivity contribution in [3.8, 4) is 11.5 Å². The lowest BCUT2D eigenvalue weighted by Crippen LogP contribution is -2.52. The van der Waals surface area contributed by atoms with Crippen LogP contribution in [-0.2, 0) is 6.18 Å². The summed E-state index contributed by atoms with van der Waals surface area (Å²) in [6.07, 6.45) is -4.66. The second-order valence-corrected chi connectivity index (χ2v) is 10.2. The summed E-state index contributed by atoms with van der Waals surface area (Å²) in [5, 5.41) is 11.0. The molecule has 3 atom stereocenters. The average molecular weight is 486 g/mol. The van der Waals surface area contributed by atoms with E-state index in [0.29, 0.717) is 23.5 Å². The van der Waals surface area contributed by atoms with E-state index in [-0.39, 0.29) is 24.4 Å². The van der Waals surface area contributed by atoms with Crippen molar-refractivity contribution in [2.75, 3.05) is 14.1 Å². The molecule has 0 amide bonds. The van der Waals surface area contributed by atoms with Crippen LogP contribution in [0.4, 0.5) is 13.2 Å².